The largest absolute Gasteiger partial charge is 0.303 e. The van der Waals surface area contributed by atoms with Crippen LogP contribution in [0.15, 0.2) is 71.7 Å². The predicted octanol–water partition coefficient (Wildman–Crippen LogP) is 5.61. The van der Waals surface area contributed by atoms with Crippen LogP contribution in [0.5, 0.6) is 0 Å². The Morgan fingerprint density at radius 1 is 0.968 bits per heavy atom. The van der Waals surface area contributed by atoms with Gasteiger partial charge in [0.1, 0.15) is 0 Å². The average Bonchev–Trinajstić information content (AvgIpc) is 3.11. The van der Waals surface area contributed by atoms with Crippen LogP contribution in [0, 0.1) is 12.3 Å². The first kappa shape index (κ1) is 21.1. The van der Waals surface area contributed by atoms with Gasteiger partial charge in [-0.3, -0.25) is 9.59 Å². The molecule has 1 aromatic heterocycles. The van der Waals surface area contributed by atoms with Crippen molar-refractivity contribution in [2.45, 2.75) is 6.54 Å². The number of rotatable bonds is 4. The zero-order valence-corrected chi connectivity index (χ0v) is 18.3. The van der Waals surface area contributed by atoms with E-state index in [0.717, 1.165) is 4.70 Å². The van der Waals surface area contributed by atoms with Crippen molar-refractivity contribution < 1.29 is 9.59 Å². The van der Waals surface area contributed by atoms with E-state index in [1.165, 1.54) is 11.3 Å². The maximum absolute atomic E-state index is 12.8. The van der Waals surface area contributed by atoms with E-state index in [1.807, 2.05) is 6.07 Å². The van der Waals surface area contributed by atoms with E-state index in [9.17, 15) is 9.59 Å². The topological polar surface area (TPSA) is 51.4 Å². The van der Waals surface area contributed by atoms with Crippen LogP contribution in [0.1, 0.15) is 26.3 Å². The normalized spacial score (nSPS) is 11.5. The molecule has 0 aliphatic heterocycles. The lowest BCUT2D eigenvalue weighted by atomic mass is 10.0. The van der Waals surface area contributed by atoms with Crippen LogP contribution in [0.3, 0.4) is 0 Å². The van der Waals surface area contributed by atoms with Crippen molar-refractivity contribution in [1.82, 2.24) is 4.57 Å². The highest BCUT2D eigenvalue weighted by atomic mass is 35.5. The van der Waals surface area contributed by atoms with Gasteiger partial charge in [-0.1, -0.05) is 82.9 Å². The third kappa shape index (κ3) is 4.33. The number of hydrogen-bond donors (Lipinski definition) is 0. The summed E-state index contributed by atoms with van der Waals surface area (Å²) in [6.07, 6.45) is 5.50. The number of aromatic nitrogens is 1. The molecule has 0 bridgehead atoms. The smallest absolute Gasteiger partial charge is 0.279 e. The Kier molecular flexibility index (Phi) is 6.06. The minimum absolute atomic E-state index is 0.112. The lowest BCUT2D eigenvalue weighted by Crippen LogP contribution is -2.16. The van der Waals surface area contributed by atoms with E-state index >= 15 is 0 Å². The summed E-state index contributed by atoms with van der Waals surface area (Å²) in [7, 11) is 0. The number of hydrogen-bond acceptors (Lipinski definition) is 3. The predicted molar refractivity (Wildman–Crippen MR) is 125 cm³/mol. The molecule has 0 atom stereocenters. The molecular formula is C24H14Cl2N2O2S. The van der Waals surface area contributed by atoms with E-state index < -0.39 is 5.91 Å². The molecule has 0 saturated heterocycles. The first-order valence-electron chi connectivity index (χ1n) is 9.18. The fourth-order valence-corrected chi connectivity index (χ4v) is 4.93. The van der Waals surface area contributed by atoms with Gasteiger partial charge in [-0.2, -0.15) is 4.99 Å². The van der Waals surface area contributed by atoms with Gasteiger partial charge in [0.15, 0.2) is 10.6 Å². The second-order valence-electron chi connectivity index (χ2n) is 6.60. The number of fused-ring (bicyclic) bond motifs is 1. The van der Waals surface area contributed by atoms with Crippen molar-refractivity contribution in [3.05, 3.63) is 98.3 Å². The summed E-state index contributed by atoms with van der Waals surface area (Å²) >= 11 is 13.7. The molecule has 31 heavy (non-hydrogen) atoms. The fourth-order valence-electron chi connectivity index (χ4n) is 3.12. The molecule has 1 heterocycles. The minimum Gasteiger partial charge on any atom is -0.303 e. The molecule has 0 unspecified atom stereocenters. The monoisotopic (exact) mass is 464 g/mol. The fraction of sp³-hybridized carbons (Fsp3) is 0.0417. The van der Waals surface area contributed by atoms with Crippen molar-refractivity contribution >= 4 is 56.4 Å². The molecule has 0 spiro atoms. The Morgan fingerprint density at radius 3 is 2.29 bits per heavy atom. The number of ketones is 1. The molecule has 4 aromatic rings. The maximum Gasteiger partial charge on any atom is 0.279 e. The Bertz CT molecular complexity index is 1410. The van der Waals surface area contributed by atoms with E-state index in [1.54, 1.807) is 65.2 Å². The van der Waals surface area contributed by atoms with Gasteiger partial charge in [-0.15, -0.1) is 6.42 Å². The third-order valence-electron chi connectivity index (χ3n) is 4.57. The molecule has 7 heteroatoms. The van der Waals surface area contributed by atoms with Crippen LogP contribution in [-0.4, -0.2) is 16.3 Å². The Labute approximate surface area is 192 Å². The molecule has 0 saturated carbocycles. The number of nitrogens with zero attached hydrogens (tertiary/aromatic N) is 2. The van der Waals surface area contributed by atoms with E-state index in [2.05, 4.69) is 10.9 Å². The van der Waals surface area contributed by atoms with Crippen molar-refractivity contribution in [1.29, 1.82) is 0 Å². The van der Waals surface area contributed by atoms with Crippen LogP contribution in [-0.2, 0) is 6.54 Å². The van der Waals surface area contributed by atoms with E-state index in [0.29, 0.717) is 37.1 Å². The van der Waals surface area contributed by atoms with Crippen molar-refractivity contribution in [2.75, 3.05) is 0 Å². The van der Waals surface area contributed by atoms with Gasteiger partial charge >= 0.3 is 0 Å². The van der Waals surface area contributed by atoms with Crippen LogP contribution in [0.4, 0.5) is 0 Å². The summed E-state index contributed by atoms with van der Waals surface area (Å²) in [5.41, 5.74) is 2.12. The van der Waals surface area contributed by atoms with Gasteiger partial charge in [0.25, 0.3) is 5.91 Å². The van der Waals surface area contributed by atoms with E-state index in [-0.39, 0.29) is 12.3 Å². The Hall–Kier alpha value is -3.17. The SMILES string of the molecule is C#CCn1c(=NC(=O)c2ccc(C(=O)c3ccccc3)cc2)sc2cc(Cl)cc(Cl)c21. The van der Waals surface area contributed by atoms with Crippen LogP contribution < -0.4 is 4.80 Å². The molecule has 0 aliphatic carbocycles. The molecule has 0 N–H and O–H groups in total. The summed E-state index contributed by atoms with van der Waals surface area (Å²) in [6.45, 7) is 0.206. The first-order chi connectivity index (χ1) is 15.0. The summed E-state index contributed by atoms with van der Waals surface area (Å²) in [6, 6.07) is 18.8. The molecule has 152 valence electrons. The first-order valence-corrected chi connectivity index (χ1v) is 10.8. The lowest BCUT2D eigenvalue weighted by Gasteiger charge is -2.03. The molecule has 0 radical (unpaired) electrons. The third-order valence-corrected chi connectivity index (χ3v) is 6.10. The van der Waals surface area contributed by atoms with Crippen LogP contribution >= 0.6 is 34.5 Å². The second-order valence-corrected chi connectivity index (χ2v) is 8.45. The van der Waals surface area contributed by atoms with E-state index in [4.69, 9.17) is 29.6 Å². The summed E-state index contributed by atoms with van der Waals surface area (Å²) in [5.74, 6) is 2.00. The Morgan fingerprint density at radius 2 is 1.61 bits per heavy atom. The van der Waals surface area contributed by atoms with Crippen LogP contribution in [0.25, 0.3) is 10.2 Å². The van der Waals surface area contributed by atoms with Gasteiger partial charge in [0, 0.05) is 21.7 Å². The highest BCUT2D eigenvalue weighted by molar-refractivity contribution is 7.16. The van der Waals surface area contributed by atoms with Crippen LogP contribution in [0.2, 0.25) is 10.0 Å². The maximum atomic E-state index is 12.8. The highest BCUT2D eigenvalue weighted by Crippen LogP contribution is 2.29. The minimum atomic E-state index is -0.446. The molecule has 4 nitrogen and oxygen atoms in total. The molecule has 4 rings (SSSR count). The number of terminal acetylenes is 1. The lowest BCUT2D eigenvalue weighted by molar-refractivity contribution is 0.0994. The van der Waals surface area contributed by atoms with Gasteiger partial charge in [0.05, 0.1) is 21.8 Å². The number of carbonyl (C=O) groups is 2. The molecule has 0 fully saturated rings. The van der Waals surface area contributed by atoms with Crippen molar-refractivity contribution in [3.8, 4) is 12.3 Å². The molecule has 0 aliphatic rings. The molecular weight excluding hydrogens is 451 g/mol. The van der Waals surface area contributed by atoms with Gasteiger partial charge in [-0.05, 0) is 24.3 Å². The second kappa shape index (κ2) is 8.91. The highest BCUT2D eigenvalue weighted by Gasteiger charge is 2.14. The number of carbonyl (C=O) groups excluding carboxylic acids is 2. The quantitative estimate of drug-likeness (QED) is 0.290. The number of halogens is 2. The summed E-state index contributed by atoms with van der Waals surface area (Å²) in [5, 5.41) is 0.926. The van der Waals surface area contributed by atoms with Gasteiger partial charge in [0.2, 0.25) is 0 Å². The molecule has 3 aromatic carbocycles. The average molecular weight is 465 g/mol. The number of thiazole rings is 1. The number of benzene rings is 3. The summed E-state index contributed by atoms with van der Waals surface area (Å²) < 4.78 is 2.49. The van der Waals surface area contributed by atoms with Crippen molar-refractivity contribution in [3.63, 3.8) is 0 Å². The Balaban J connectivity index is 1.70. The zero-order valence-electron chi connectivity index (χ0n) is 16.0. The molecule has 1 amide bonds. The zero-order chi connectivity index (χ0) is 22.0. The van der Waals surface area contributed by atoms with Gasteiger partial charge in [-0.25, -0.2) is 0 Å². The standard InChI is InChI=1S/C24H14Cl2N2O2S/c1-2-12-28-21-19(26)13-18(25)14-20(21)31-24(28)27-23(30)17-10-8-16(9-11-17)22(29)15-6-4-3-5-7-15/h1,3-11,13-14H,12H2. The number of amides is 1. The summed E-state index contributed by atoms with van der Waals surface area (Å²) in [4.78, 5) is 30.0. The van der Waals surface area contributed by atoms with Gasteiger partial charge < -0.3 is 4.57 Å². The van der Waals surface area contributed by atoms with Crippen molar-refractivity contribution in [2.24, 2.45) is 4.99 Å².